The van der Waals surface area contributed by atoms with E-state index in [4.69, 9.17) is 9.47 Å². The van der Waals surface area contributed by atoms with Gasteiger partial charge in [0.2, 0.25) is 0 Å². The Morgan fingerprint density at radius 3 is 2.25 bits per heavy atom. The molecule has 0 heterocycles. The van der Waals surface area contributed by atoms with Gasteiger partial charge in [-0.3, -0.25) is 0 Å². The Balaban J connectivity index is 2.01. The fraction of sp³-hybridized carbons (Fsp3) is 0.429. The van der Waals surface area contributed by atoms with E-state index in [9.17, 15) is 0 Å². The molecule has 2 rings (SSSR count). The van der Waals surface area contributed by atoms with Crippen LogP contribution in [0.25, 0.3) is 0 Å². The fourth-order valence-electron chi connectivity index (χ4n) is 2.25. The van der Waals surface area contributed by atoms with Crippen LogP contribution in [0.4, 0.5) is 0 Å². The van der Waals surface area contributed by atoms with Gasteiger partial charge in [-0.1, -0.05) is 42.8 Å². The van der Waals surface area contributed by atoms with Gasteiger partial charge in [-0.2, -0.15) is 0 Å². The highest BCUT2D eigenvalue weighted by atomic mass is 16.5. The van der Waals surface area contributed by atoms with Crippen molar-refractivity contribution in [3.05, 3.63) is 59.2 Å². The van der Waals surface area contributed by atoms with Crippen molar-refractivity contribution in [1.82, 2.24) is 5.32 Å². The molecule has 0 saturated carbocycles. The number of aryl methyl sites for hydroxylation is 1. The van der Waals surface area contributed by atoms with Crippen LogP contribution in [0.15, 0.2) is 42.5 Å². The number of hydrogen-bond acceptors (Lipinski definition) is 3. The number of nitrogens with one attached hydrogen (secondary N) is 1. The van der Waals surface area contributed by atoms with Gasteiger partial charge in [0.25, 0.3) is 0 Å². The molecule has 1 N–H and O–H groups in total. The first-order valence-electron chi connectivity index (χ1n) is 8.54. The molecule has 0 bridgehead atoms. The number of hydrogen-bond donors (Lipinski definition) is 1. The molecule has 0 fully saturated rings. The molecule has 24 heavy (non-hydrogen) atoms. The molecular weight excluding hydrogens is 298 g/mol. The number of benzene rings is 2. The van der Waals surface area contributed by atoms with Gasteiger partial charge >= 0.3 is 0 Å². The Hall–Kier alpha value is -2.00. The van der Waals surface area contributed by atoms with Gasteiger partial charge in [-0.05, 0) is 50.5 Å². The standard InChI is InChI=1S/C21H29NO2/c1-6-21(3,4)22-14-18-11-12-19(20(13-18)23-5)24-15-17-9-7-16(2)8-10-17/h7-13,22H,6,14-15H2,1-5H3. The predicted molar refractivity (Wildman–Crippen MR) is 99.7 cm³/mol. The smallest absolute Gasteiger partial charge is 0.161 e. The summed E-state index contributed by atoms with van der Waals surface area (Å²) in [5, 5.41) is 3.56. The van der Waals surface area contributed by atoms with E-state index in [1.54, 1.807) is 7.11 Å². The first-order valence-corrected chi connectivity index (χ1v) is 8.54. The summed E-state index contributed by atoms with van der Waals surface area (Å²) in [5.41, 5.74) is 3.73. The van der Waals surface area contributed by atoms with Crippen LogP contribution >= 0.6 is 0 Å². The van der Waals surface area contributed by atoms with Gasteiger partial charge in [0.1, 0.15) is 6.61 Å². The van der Waals surface area contributed by atoms with Crippen LogP contribution in [0.1, 0.15) is 43.9 Å². The van der Waals surface area contributed by atoms with Crippen LogP contribution in [0.2, 0.25) is 0 Å². The zero-order chi connectivity index (χ0) is 17.6. The van der Waals surface area contributed by atoms with Crippen molar-refractivity contribution >= 4 is 0 Å². The molecule has 2 aromatic carbocycles. The topological polar surface area (TPSA) is 30.5 Å². The van der Waals surface area contributed by atoms with Gasteiger partial charge in [0, 0.05) is 12.1 Å². The molecule has 0 unspecified atom stereocenters. The summed E-state index contributed by atoms with van der Waals surface area (Å²) >= 11 is 0. The molecular formula is C21H29NO2. The lowest BCUT2D eigenvalue weighted by molar-refractivity contribution is 0.284. The Labute approximate surface area is 146 Å². The zero-order valence-corrected chi connectivity index (χ0v) is 15.5. The minimum atomic E-state index is 0.133. The van der Waals surface area contributed by atoms with E-state index >= 15 is 0 Å². The second kappa shape index (κ2) is 8.20. The summed E-state index contributed by atoms with van der Waals surface area (Å²) in [4.78, 5) is 0. The Bertz CT molecular complexity index is 647. The molecule has 0 aliphatic carbocycles. The van der Waals surface area contributed by atoms with Crippen LogP contribution in [0.5, 0.6) is 11.5 Å². The van der Waals surface area contributed by atoms with Crippen molar-refractivity contribution in [2.75, 3.05) is 7.11 Å². The third-order valence-electron chi connectivity index (χ3n) is 4.40. The Morgan fingerprint density at radius 1 is 0.958 bits per heavy atom. The highest BCUT2D eigenvalue weighted by molar-refractivity contribution is 5.43. The third-order valence-corrected chi connectivity index (χ3v) is 4.40. The summed E-state index contributed by atoms with van der Waals surface area (Å²) in [6.45, 7) is 10.1. The SMILES string of the molecule is CCC(C)(C)NCc1ccc(OCc2ccc(C)cc2)c(OC)c1. The van der Waals surface area contributed by atoms with Crippen molar-refractivity contribution < 1.29 is 9.47 Å². The highest BCUT2D eigenvalue weighted by Gasteiger charge is 2.14. The summed E-state index contributed by atoms with van der Waals surface area (Å²) < 4.78 is 11.4. The molecule has 0 atom stereocenters. The van der Waals surface area contributed by atoms with E-state index in [-0.39, 0.29) is 5.54 Å². The lowest BCUT2D eigenvalue weighted by Gasteiger charge is -2.24. The van der Waals surface area contributed by atoms with Crippen LogP contribution < -0.4 is 14.8 Å². The third kappa shape index (κ3) is 5.27. The van der Waals surface area contributed by atoms with Gasteiger partial charge in [-0.25, -0.2) is 0 Å². The van der Waals surface area contributed by atoms with E-state index in [1.165, 1.54) is 11.1 Å². The minimum absolute atomic E-state index is 0.133. The maximum Gasteiger partial charge on any atom is 0.161 e. The lowest BCUT2D eigenvalue weighted by Crippen LogP contribution is -2.37. The van der Waals surface area contributed by atoms with Crippen molar-refractivity contribution in [2.45, 2.75) is 52.8 Å². The molecule has 0 aliphatic heterocycles. The van der Waals surface area contributed by atoms with Crippen molar-refractivity contribution in [2.24, 2.45) is 0 Å². The predicted octanol–water partition coefficient (Wildman–Crippen LogP) is 4.86. The van der Waals surface area contributed by atoms with E-state index in [1.807, 2.05) is 12.1 Å². The molecule has 0 amide bonds. The maximum atomic E-state index is 5.93. The van der Waals surface area contributed by atoms with Crippen molar-refractivity contribution in [3.8, 4) is 11.5 Å². The first-order chi connectivity index (χ1) is 11.4. The molecule has 0 saturated heterocycles. The molecule has 0 spiro atoms. The summed E-state index contributed by atoms with van der Waals surface area (Å²) in [5.74, 6) is 1.55. The highest BCUT2D eigenvalue weighted by Crippen LogP contribution is 2.29. The average molecular weight is 327 g/mol. The molecule has 2 aromatic rings. The fourth-order valence-corrected chi connectivity index (χ4v) is 2.25. The quantitative estimate of drug-likeness (QED) is 0.751. The van der Waals surface area contributed by atoms with Crippen molar-refractivity contribution in [3.63, 3.8) is 0 Å². The Kier molecular flexibility index (Phi) is 6.27. The first kappa shape index (κ1) is 18.3. The van der Waals surface area contributed by atoms with Crippen LogP contribution in [0, 0.1) is 6.92 Å². The lowest BCUT2D eigenvalue weighted by atomic mass is 10.0. The summed E-state index contributed by atoms with van der Waals surface area (Å²) in [6, 6.07) is 14.5. The summed E-state index contributed by atoms with van der Waals surface area (Å²) in [7, 11) is 1.68. The minimum Gasteiger partial charge on any atom is -0.493 e. The monoisotopic (exact) mass is 327 g/mol. The van der Waals surface area contributed by atoms with E-state index in [0.717, 1.165) is 30.0 Å². The number of methoxy groups -OCH3 is 1. The van der Waals surface area contributed by atoms with Crippen LogP contribution in [-0.4, -0.2) is 12.6 Å². The van der Waals surface area contributed by atoms with E-state index < -0.39 is 0 Å². The molecule has 0 aliphatic rings. The van der Waals surface area contributed by atoms with Gasteiger partial charge < -0.3 is 14.8 Å². The normalized spacial score (nSPS) is 11.4. The maximum absolute atomic E-state index is 5.93. The molecule has 130 valence electrons. The second-order valence-electron chi connectivity index (χ2n) is 6.85. The number of ether oxygens (including phenoxy) is 2. The zero-order valence-electron chi connectivity index (χ0n) is 15.5. The molecule has 3 heteroatoms. The van der Waals surface area contributed by atoms with Crippen LogP contribution in [-0.2, 0) is 13.2 Å². The average Bonchev–Trinajstić information content (AvgIpc) is 2.60. The van der Waals surface area contributed by atoms with E-state index in [2.05, 4.69) is 63.3 Å². The molecule has 0 aromatic heterocycles. The number of rotatable bonds is 8. The molecule has 3 nitrogen and oxygen atoms in total. The van der Waals surface area contributed by atoms with E-state index in [0.29, 0.717) is 6.61 Å². The van der Waals surface area contributed by atoms with Crippen molar-refractivity contribution in [1.29, 1.82) is 0 Å². The van der Waals surface area contributed by atoms with Gasteiger partial charge in [-0.15, -0.1) is 0 Å². The largest absolute Gasteiger partial charge is 0.493 e. The molecule has 0 radical (unpaired) electrons. The summed E-state index contributed by atoms with van der Waals surface area (Å²) in [6.07, 6.45) is 1.09. The van der Waals surface area contributed by atoms with Crippen LogP contribution in [0.3, 0.4) is 0 Å². The van der Waals surface area contributed by atoms with Gasteiger partial charge in [0.15, 0.2) is 11.5 Å². The Morgan fingerprint density at radius 2 is 1.62 bits per heavy atom. The van der Waals surface area contributed by atoms with Gasteiger partial charge in [0.05, 0.1) is 7.11 Å². The second-order valence-corrected chi connectivity index (χ2v) is 6.85.